The van der Waals surface area contributed by atoms with Crippen LogP contribution in [-0.2, 0) is 46.3 Å². The number of carbonyl (C=O) groups excluding carboxylic acids is 4. The summed E-state index contributed by atoms with van der Waals surface area (Å²) in [5.41, 5.74) is 12.5. The zero-order chi connectivity index (χ0) is 40.9. The fourth-order valence-electron chi connectivity index (χ4n) is 6.70. The number of rotatable bonds is 25. The smallest absolute Gasteiger partial charge is 0.324 e. The van der Waals surface area contributed by atoms with Crippen LogP contribution in [0.2, 0.25) is 0 Å². The number of aliphatic carboxylic acids is 1. The van der Waals surface area contributed by atoms with Crippen molar-refractivity contribution in [2.45, 2.75) is 94.9 Å². The van der Waals surface area contributed by atoms with Crippen LogP contribution in [0.1, 0.15) is 63.5 Å². The maximum absolute atomic E-state index is 14.0. The van der Waals surface area contributed by atoms with Crippen LogP contribution in [0.3, 0.4) is 0 Å². The third-order valence-electron chi connectivity index (χ3n) is 9.93. The molecular weight excluding hydrogens is 718 g/mol. The molecule has 0 saturated carbocycles. The van der Waals surface area contributed by atoms with Crippen LogP contribution in [-0.4, -0.2) is 122 Å². The summed E-state index contributed by atoms with van der Waals surface area (Å²) < 4.78 is 10.4. The lowest BCUT2D eigenvalue weighted by atomic mass is 9.87. The van der Waals surface area contributed by atoms with E-state index in [1.165, 1.54) is 0 Å². The van der Waals surface area contributed by atoms with Gasteiger partial charge >= 0.3 is 5.97 Å². The Hall–Kier alpha value is -4.41. The monoisotopic (exact) mass is 781 g/mol. The summed E-state index contributed by atoms with van der Waals surface area (Å²) in [7, 11) is 1.57. The van der Waals surface area contributed by atoms with Gasteiger partial charge in [0.1, 0.15) is 23.7 Å². The van der Waals surface area contributed by atoms with E-state index in [2.05, 4.69) is 21.3 Å². The van der Waals surface area contributed by atoms with Gasteiger partial charge in [-0.3, -0.25) is 29.3 Å². The number of unbranched alkanes of at least 4 members (excludes halogenated alkanes) is 1. The number of nitrogens with one attached hydrogen (secondary N) is 4. The molecule has 56 heavy (non-hydrogen) atoms. The summed E-state index contributed by atoms with van der Waals surface area (Å²) in [6.07, 6.45) is 2.57. The van der Waals surface area contributed by atoms with E-state index in [9.17, 15) is 29.1 Å². The van der Waals surface area contributed by atoms with Crippen LogP contribution in [0.15, 0.2) is 60.7 Å². The fraction of sp³-hybridized carbons (Fsp3) is 0.585. The standard InChI is InChI=1S/C41H63N7O8/c1-29(2)26-34(47-38(51)35(28-31-14-8-5-9-15-31)46-36(49)32(43)27-30-12-6-4-7-13-30)37(50)45-33(16-10-11-19-42)39(52)48-21-17-41(18-22-48,40(53)54)44-20-23-56-25-24-55-3/h4-9,12-15,29,32-35,44H,10-11,16-28,42-43H2,1-3H3,(H,45,50)(H,46,49)(H,47,51)(H,53,54). The maximum Gasteiger partial charge on any atom is 0.324 e. The molecule has 0 spiro atoms. The zero-order valence-electron chi connectivity index (χ0n) is 33.2. The van der Waals surface area contributed by atoms with Crippen molar-refractivity contribution in [3.05, 3.63) is 71.8 Å². The molecule has 0 aliphatic carbocycles. The Morgan fingerprint density at radius 2 is 1.36 bits per heavy atom. The van der Waals surface area contributed by atoms with Gasteiger partial charge in [0.2, 0.25) is 23.6 Å². The molecule has 1 fully saturated rings. The fourth-order valence-corrected chi connectivity index (χ4v) is 6.70. The van der Waals surface area contributed by atoms with Crippen molar-refractivity contribution in [2.24, 2.45) is 17.4 Å². The summed E-state index contributed by atoms with van der Waals surface area (Å²) in [5, 5.41) is 21.8. The average molecular weight is 782 g/mol. The van der Waals surface area contributed by atoms with Crippen molar-refractivity contribution in [3.63, 3.8) is 0 Å². The van der Waals surface area contributed by atoms with Gasteiger partial charge in [-0.1, -0.05) is 74.5 Å². The Morgan fingerprint density at radius 3 is 1.93 bits per heavy atom. The molecule has 4 unspecified atom stereocenters. The predicted octanol–water partition coefficient (Wildman–Crippen LogP) is 1.13. The van der Waals surface area contributed by atoms with Gasteiger partial charge in [-0.2, -0.15) is 0 Å². The molecule has 2 aromatic carbocycles. The number of carboxylic acids is 1. The predicted molar refractivity (Wildman–Crippen MR) is 213 cm³/mol. The number of hydrogen-bond donors (Lipinski definition) is 7. The minimum absolute atomic E-state index is 0.0111. The van der Waals surface area contributed by atoms with Crippen molar-refractivity contribution in [3.8, 4) is 0 Å². The second-order valence-corrected chi connectivity index (χ2v) is 14.8. The average Bonchev–Trinajstić information content (AvgIpc) is 3.18. The van der Waals surface area contributed by atoms with Gasteiger partial charge in [0.25, 0.3) is 0 Å². The molecule has 1 aliphatic rings. The molecule has 4 amide bonds. The van der Waals surface area contributed by atoms with Gasteiger partial charge in [0.15, 0.2) is 0 Å². The highest BCUT2D eigenvalue weighted by atomic mass is 16.5. The number of ether oxygens (including phenoxy) is 2. The van der Waals surface area contributed by atoms with Gasteiger partial charge < -0.3 is 46.9 Å². The Bertz CT molecular complexity index is 1510. The van der Waals surface area contributed by atoms with Gasteiger partial charge in [-0.15, -0.1) is 0 Å². The van der Waals surface area contributed by atoms with E-state index >= 15 is 0 Å². The molecule has 15 nitrogen and oxygen atoms in total. The molecular formula is C41H63N7O8. The SMILES string of the molecule is COCCOCCNC1(C(=O)O)CCN(C(=O)C(CCCCN)NC(=O)C(CC(C)C)NC(=O)C(Cc2ccccc2)NC(=O)C(N)Cc2ccccc2)CC1. The molecule has 15 heteroatoms. The summed E-state index contributed by atoms with van der Waals surface area (Å²) in [4.78, 5) is 69.3. The highest BCUT2D eigenvalue weighted by Crippen LogP contribution is 2.24. The van der Waals surface area contributed by atoms with E-state index in [0.717, 1.165) is 11.1 Å². The third kappa shape index (κ3) is 15.3. The number of amides is 4. The first kappa shape index (κ1) is 46.0. The lowest BCUT2D eigenvalue weighted by molar-refractivity contribution is -0.150. The highest BCUT2D eigenvalue weighted by molar-refractivity contribution is 5.95. The highest BCUT2D eigenvalue weighted by Gasteiger charge is 2.43. The van der Waals surface area contributed by atoms with Crippen LogP contribution in [0.5, 0.6) is 0 Å². The van der Waals surface area contributed by atoms with E-state index < -0.39 is 53.4 Å². The lowest BCUT2D eigenvalue weighted by Gasteiger charge is -2.40. The minimum atomic E-state index is -1.22. The summed E-state index contributed by atoms with van der Waals surface area (Å²) in [5.74, 6) is -2.92. The Morgan fingerprint density at radius 1 is 0.786 bits per heavy atom. The molecule has 1 heterocycles. The van der Waals surface area contributed by atoms with E-state index in [4.69, 9.17) is 20.9 Å². The van der Waals surface area contributed by atoms with Crippen LogP contribution in [0.4, 0.5) is 0 Å². The van der Waals surface area contributed by atoms with Crippen LogP contribution < -0.4 is 32.7 Å². The van der Waals surface area contributed by atoms with E-state index in [1.54, 1.807) is 12.0 Å². The number of carbonyl (C=O) groups is 5. The first-order valence-electron chi connectivity index (χ1n) is 19.7. The topological polar surface area (TPSA) is 227 Å². The summed E-state index contributed by atoms with van der Waals surface area (Å²) in [6, 6.07) is 14.7. The molecule has 1 aliphatic heterocycles. The molecule has 0 aromatic heterocycles. The first-order valence-corrected chi connectivity index (χ1v) is 19.7. The number of likely N-dealkylation sites (tertiary alicyclic amines) is 1. The summed E-state index contributed by atoms with van der Waals surface area (Å²) >= 11 is 0. The van der Waals surface area contributed by atoms with Crippen molar-refractivity contribution in [1.82, 2.24) is 26.2 Å². The second-order valence-electron chi connectivity index (χ2n) is 14.8. The molecule has 310 valence electrons. The van der Waals surface area contributed by atoms with Gasteiger partial charge in [-0.25, -0.2) is 0 Å². The van der Waals surface area contributed by atoms with Crippen LogP contribution in [0.25, 0.3) is 0 Å². The number of benzene rings is 2. The number of carboxylic acid groups (broad SMARTS) is 1. The molecule has 3 rings (SSSR count). The van der Waals surface area contributed by atoms with Gasteiger partial charge in [0.05, 0.1) is 25.9 Å². The number of piperidine rings is 1. The zero-order valence-corrected chi connectivity index (χ0v) is 33.2. The van der Waals surface area contributed by atoms with E-state index in [1.807, 2.05) is 74.5 Å². The second kappa shape index (κ2) is 24.3. The Balaban J connectivity index is 1.73. The van der Waals surface area contributed by atoms with Gasteiger partial charge in [0, 0.05) is 33.2 Å². The summed E-state index contributed by atoms with van der Waals surface area (Å²) in [6.45, 7) is 6.06. The Labute approximate surface area is 331 Å². The number of methoxy groups -OCH3 is 1. The molecule has 2 aromatic rings. The van der Waals surface area contributed by atoms with Crippen LogP contribution in [0, 0.1) is 5.92 Å². The molecule has 9 N–H and O–H groups in total. The molecule has 4 atom stereocenters. The lowest BCUT2D eigenvalue weighted by Crippen LogP contribution is -2.62. The van der Waals surface area contributed by atoms with Crippen molar-refractivity contribution in [2.75, 3.05) is 53.1 Å². The molecule has 0 bridgehead atoms. The molecule has 0 radical (unpaired) electrons. The Kier molecular flexibility index (Phi) is 19.9. The van der Waals surface area contributed by atoms with Crippen molar-refractivity contribution in [1.29, 1.82) is 0 Å². The maximum atomic E-state index is 14.0. The first-order chi connectivity index (χ1) is 26.9. The quantitative estimate of drug-likeness (QED) is 0.0707. The van der Waals surface area contributed by atoms with Crippen LogP contribution >= 0.6 is 0 Å². The van der Waals surface area contributed by atoms with E-state index in [0.29, 0.717) is 52.2 Å². The number of hydrogen-bond acceptors (Lipinski definition) is 10. The third-order valence-corrected chi connectivity index (χ3v) is 9.93. The largest absolute Gasteiger partial charge is 0.480 e. The number of nitrogens with two attached hydrogens (primary N) is 2. The normalized spacial score (nSPS) is 16.0. The van der Waals surface area contributed by atoms with Gasteiger partial charge in [-0.05, 0) is 68.5 Å². The van der Waals surface area contributed by atoms with E-state index in [-0.39, 0.29) is 57.0 Å². The van der Waals surface area contributed by atoms with Crippen molar-refractivity contribution < 1.29 is 38.6 Å². The molecule has 1 saturated heterocycles. The number of nitrogens with zero attached hydrogens (tertiary/aromatic N) is 1. The van der Waals surface area contributed by atoms with Crippen molar-refractivity contribution >= 4 is 29.6 Å². The minimum Gasteiger partial charge on any atom is -0.480 e.